The summed E-state index contributed by atoms with van der Waals surface area (Å²) >= 11 is 0. The highest BCUT2D eigenvalue weighted by Gasteiger charge is 2.48. The van der Waals surface area contributed by atoms with Crippen LogP contribution in [0.4, 0.5) is 0 Å². The lowest BCUT2D eigenvalue weighted by atomic mass is 9.79. The fraction of sp³-hybridized carbons (Fsp3) is 0.600. The van der Waals surface area contributed by atoms with Crippen molar-refractivity contribution in [1.29, 1.82) is 0 Å². The van der Waals surface area contributed by atoms with E-state index in [0.29, 0.717) is 23.8 Å². The van der Waals surface area contributed by atoms with Crippen LogP contribution in [0.15, 0.2) is 23.2 Å². The van der Waals surface area contributed by atoms with E-state index in [4.69, 9.17) is 15.2 Å². The van der Waals surface area contributed by atoms with Crippen molar-refractivity contribution < 1.29 is 14.3 Å². The molecule has 1 aromatic rings. The second kappa shape index (κ2) is 7.56. The highest BCUT2D eigenvalue weighted by Crippen LogP contribution is 2.37. The van der Waals surface area contributed by atoms with E-state index in [1.165, 1.54) is 24.2 Å². The molecule has 1 aromatic carbocycles. The summed E-state index contributed by atoms with van der Waals surface area (Å²) in [5, 5.41) is 0. The summed E-state index contributed by atoms with van der Waals surface area (Å²) in [6, 6.07) is 5.76. The van der Waals surface area contributed by atoms with Crippen LogP contribution in [0.5, 0.6) is 11.5 Å². The first kappa shape index (κ1) is 18.5. The summed E-state index contributed by atoms with van der Waals surface area (Å²) in [5.74, 6) is 1.96. The summed E-state index contributed by atoms with van der Waals surface area (Å²) in [4.78, 5) is 19.0. The minimum Gasteiger partial charge on any atom is -0.493 e. The Kier molecular flexibility index (Phi) is 5.39. The van der Waals surface area contributed by atoms with Gasteiger partial charge >= 0.3 is 0 Å². The molecule has 6 heteroatoms. The molecule has 1 amide bonds. The average Bonchev–Trinajstić information content (AvgIpc) is 2.85. The summed E-state index contributed by atoms with van der Waals surface area (Å²) in [5.41, 5.74) is 6.11. The third kappa shape index (κ3) is 3.64. The number of nitrogens with two attached hydrogens (primary N) is 1. The average molecular weight is 359 g/mol. The molecular formula is C20H29N3O3. The highest BCUT2D eigenvalue weighted by molar-refractivity contribution is 6.06. The number of carbonyl (C=O) groups is 1. The van der Waals surface area contributed by atoms with Gasteiger partial charge in [-0.1, -0.05) is 38.2 Å². The van der Waals surface area contributed by atoms with E-state index in [9.17, 15) is 4.79 Å². The molecule has 0 spiro atoms. The van der Waals surface area contributed by atoms with Crippen LogP contribution in [-0.4, -0.2) is 43.1 Å². The first-order chi connectivity index (χ1) is 12.4. The van der Waals surface area contributed by atoms with Crippen molar-refractivity contribution in [3.63, 3.8) is 0 Å². The smallest absolute Gasteiger partial charge is 0.260 e. The summed E-state index contributed by atoms with van der Waals surface area (Å²) in [7, 11) is 3.29. The summed E-state index contributed by atoms with van der Waals surface area (Å²) < 4.78 is 11.5. The minimum atomic E-state index is -0.935. The third-order valence-corrected chi connectivity index (χ3v) is 5.51. The molecule has 1 atom stereocenters. The number of carbonyl (C=O) groups excluding carboxylic acids is 1. The van der Waals surface area contributed by atoms with E-state index in [1.54, 1.807) is 14.2 Å². The Bertz CT molecular complexity index is 698. The van der Waals surface area contributed by atoms with Crippen LogP contribution in [0.1, 0.15) is 44.1 Å². The van der Waals surface area contributed by atoms with Gasteiger partial charge in [0.1, 0.15) is 6.61 Å². The van der Waals surface area contributed by atoms with Crippen LogP contribution in [0, 0.1) is 12.8 Å². The fourth-order valence-corrected chi connectivity index (χ4v) is 4.01. The number of rotatable bonds is 6. The Morgan fingerprint density at radius 1 is 1.27 bits per heavy atom. The molecule has 0 aromatic heterocycles. The second-order valence-corrected chi connectivity index (χ2v) is 7.52. The third-order valence-electron chi connectivity index (χ3n) is 5.51. The van der Waals surface area contributed by atoms with Crippen molar-refractivity contribution in [2.75, 3.05) is 20.8 Å². The van der Waals surface area contributed by atoms with Crippen LogP contribution in [0.2, 0.25) is 0 Å². The topological polar surface area (TPSA) is 77.2 Å². The van der Waals surface area contributed by atoms with Crippen LogP contribution in [-0.2, 0) is 4.79 Å². The Morgan fingerprint density at radius 3 is 2.62 bits per heavy atom. The number of aryl methyl sites for hydroxylation is 1. The van der Waals surface area contributed by atoms with Gasteiger partial charge in [-0.25, -0.2) is 4.99 Å². The van der Waals surface area contributed by atoms with Crippen molar-refractivity contribution in [3.05, 3.63) is 23.8 Å². The van der Waals surface area contributed by atoms with E-state index in [1.807, 2.05) is 25.1 Å². The lowest BCUT2D eigenvalue weighted by Crippen LogP contribution is -2.47. The first-order valence-corrected chi connectivity index (χ1v) is 9.36. The molecule has 6 nitrogen and oxygen atoms in total. The molecule has 1 unspecified atom stereocenters. The SMILES string of the molecule is COc1ccc(C)cc1OCC1(CC2CCCCC2)N=C(N)N(C)C1=O. The lowest BCUT2D eigenvalue weighted by Gasteiger charge is -2.31. The molecule has 3 rings (SSSR count). The molecule has 26 heavy (non-hydrogen) atoms. The first-order valence-electron chi connectivity index (χ1n) is 9.36. The monoisotopic (exact) mass is 359 g/mol. The van der Waals surface area contributed by atoms with Crippen molar-refractivity contribution in [1.82, 2.24) is 4.90 Å². The molecule has 1 heterocycles. The zero-order valence-electron chi connectivity index (χ0n) is 16.0. The van der Waals surface area contributed by atoms with Gasteiger partial charge in [0.05, 0.1) is 7.11 Å². The molecule has 1 saturated carbocycles. The predicted molar refractivity (Wildman–Crippen MR) is 102 cm³/mol. The number of ether oxygens (including phenoxy) is 2. The van der Waals surface area contributed by atoms with E-state index in [-0.39, 0.29) is 18.5 Å². The molecule has 1 aliphatic carbocycles. The van der Waals surface area contributed by atoms with Gasteiger partial charge in [-0.05, 0) is 37.0 Å². The number of likely N-dealkylation sites (N-methyl/N-ethyl adjacent to an activating group) is 1. The van der Waals surface area contributed by atoms with Crippen molar-refractivity contribution >= 4 is 11.9 Å². The number of guanidine groups is 1. The van der Waals surface area contributed by atoms with E-state index >= 15 is 0 Å². The van der Waals surface area contributed by atoms with Gasteiger partial charge in [-0.3, -0.25) is 9.69 Å². The van der Waals surface area contributed by atoms with Gasteiger partial charge in [0.15, 0.2) is 23.0 Å². The largest absolute Gasteiger partial charge is 0.493 e. The van der Waals surface area contributed by atoms with Crippen LogP contribution in [0.25, 0.3) is 0 Å². The van der Waals surface area contributed by atoms with Crippen LogP contribution in [0.3, 0.4) is 0 Å². The molecule has 1 fully saturated rings. The van der Waals surface area contributed by atoms with E-state index in [0.717, 1.165) is 18.4 Å². The maximum atomic E-state index is 13.0. The van der Waals surface area contributed by atoms with Crippen molar-refractivity contribution in [3.8, 4) is 11.5 Å². The molecule has 0 saturated heterocycles. The number of aliphatic imine (C=N–C) groups is 1. The van der Waals surface area contributed by atoms with Gasteiger partial charge in [0.25, 0.3) is 5.91 Å². The quantitative estimate of drug-likeness (QED) is 0.847. The fourth-order valence-electron chi connectivity index (χ4n) is 4.01. The molecule has 0 bridgehead atoms. The number of benzene rings is 1. The number of methoxy groups -OCH3 is 1. The molecule has 1 aliphatic heterocycles. The van der Waals surface area contributed by atoms with Gasteiger partial charge in [0.2, 0.25) is 0 Å². The Balaban J connectivity index is 1.83. The standard InChI is InChI=1S/C20H29N3O3/c1-14-9-10-16(25-3)17(11-14)26-13-20(12-15-7-5-4-6-8-15)18(24)23(2)19(21)22-20/h9-11,15H,4-8,12-13H2,1-3H3,(H2,21,22). The number of nitrogens with zero attached hydrogens (tertiary/aromatic N) is 2. The normalized spacial score (nSPS) is 23.9. The van der Waals surface area contributed by atoms with Gasteiger partial charge in [-0.2, -0.15) is 0 Å². The van der Waals surface area contributed by atoms with E-state index < -0.39 is 5.54 Å². The number of amides is 1. The summed E-state index contributed by atoms with van der Waals surface area (Å²) in [6.07, 6.45) is 6.68. The predicted octanol–water partition coefficient (Wildman–Crippen LogP) is 2.88. The van der Waals surface area contributed by atoms with Crippen molar-refractivity contribution in [2.45, 2.75) is 51.0 Å². The number of hydrogen-bond donors (Lipinski definition) is 1. The highest BCUT2D eigenvalue weighted by atomic mass is 16.5. The zero-order chi connectivity index (χ0) is 18.7. The summed E-state index contributed by atoms with van der Waals surface area (Å²) in [6.45, 7) is 2.17. The number of hydrogen-bond acceptors (Lipinski definition) is 5. The lowest BCUT2D eigenvalue weighted by molar-refractivity contribution is -0.132. The maximum absolute atomic E-state index is 13.0. The molecular weight excluding hydrogens is 330 g/mol. The van der Waals surface area contributed by atoms with E-state index in [2.05, 4.69) is 4.99 Å². The minimum absolute atomic E-state index is 0.0767. The Morgan fingerprint density at radius 2 is 2.00 bits per heavy atom. The molecule has 2 aliphatic rings. The van der Waals surface area contributed by atoms with Crippen molar-refractivity contribution in [2.24, 2.45) is 16.6 Å². The molecule has 142 valence electrons. The van der Waals surface area contributed by atoms with Gasteiger partial charge in [-0.15, -0.1) is 0 Å². The molecule has 2 N–H and O–H groups in total. The molecule has 0 radical (unpaired) electrons. The Hall–Kier alpha value is -2.24. The van der Waals surface area contributed by atoms with Crippen LogP contribution >= 0.6 is 0 Å². The zero-order valence-corrected chi connectivity index (χ0v) is 16.0. The van der Waals surface area contributed by atoms with Gasteiger partial charge < -0.3 is 15.2 Å². The van der Waals surface area contributed by atoms with Crippen LogP contribution < -0.4 is 15.2 Å². The second-order valence-electron chi connectivity index (χ2n) is 7.52. The van der Waals surface area contributed by atoms with Gasteiger partial charge in [0, 0.05) is 7.05 Å². The Labute approximate surface area is 155 Å². The maximum Gasteiger partial charge on any atom is 0.260 e.